The van der Waals surface area contributed by atoms with Gasteiger partial charge in [-0.15, -0.1) is 0 Å². The zero-order valence-electron chi connectivity index (χ0n) is 10.2. The lowest BCUT2D eigenvalue weighted by atomic mass is 9.95. The van der Waals surface area contributed by atoms with Gasteiger partial charge in [0.1, 0.15) is 5.75 Å². The molecule has 1 aliphatic heterocycles. The molecular weight excluding hydrogens is 228 g/mol. The Kier molecular flexibility index (Phi) is 2.67. The van der Waals surface area contributed by atoms with Gasteiger partial charge < -0.3 is 9.47 Å². The first kappa shape index (κ1) is 11.1. The normalized spacial score (nSPS) is 17.3. The van der Waals surface area contributed by atoms with E-state index in [1.54, 1.807) is 0 Å². The fourth-order valence-electron chi connectivity index (χ4n) is 2.41. The van der Waals surface area contributed by atoms with E-state index in [4.69, 9.17) is 9.47 Å². The fourth-order valence-corrected chi connectivity index (χ4v) is 2.41. The molecule has 1 aliphatic rings. The zero-order chi connectivity index (χ0) is 12.5. The van der Waals surface area contributed by atoms with E-state index in [0.717, 1.165) is 16.7 Å². The summed E-state index contributed by atoms with van der Waals surface area (Å²) < 4.78 is 10.4. The maximum atomic E-state index is 11.4. The molecule has 0 spiro atoms. The number of ether oxygens (including phenoxy) is 2. The van der Waals surface area contributed by atoms with Gasteiger partial charge in [-0.05, 0) is 22.9 Å². The molecule has 3 nitrogen and oxygen atoms in total. The van der Waals surface area contributed by atoms with E-state index in [1.165, 1.54) is 12.5 Å². The predicted octanol–water partition coefficient (Wildman–Crippen LogP) is 2.88. The lowest BCUT2D eigenvalue weighted by Gasteiger charge is -2.07. The minimum Gasteiger partial charge on any atom is -0.493 e. The van der Waals surface area contributed by atoms with Crippen LogP contribution in [0.3, 0.4) is 0 Å². The monoisotopic (exact) mass is 242 g/mol. The van der Waals surface area contributed by atoms with Crippen molar-refractivity contribution in [2.45, 2.75) is 12.3 Å². The highest BCUT2D eigenvalue weighted by atomic mass is 16.5. The van der Waals surface area contributed by atoms with Crippen molar-refractivity contribution in [3.63, 3.8) is 0 Å². The maximum absolute atomic E-state index is 11.4. The molecule has 0 fully saturated rings. The van der Waals surface area contributed by atoms with E-state index < -0.39 is 0 Å². The Morgan fingerprint density at radius 1 is 1.33 bits per heavy atom. The van der Waals surface area contributed by atoms with Gasteiger partial charge in [0.15, 0.2) is 0 Å². The summed E-state index contributed by atoms with van der Waals surface area (Å²) in [6.45, 7) is 0.556. The number of carbonyl (C=O) groups excluding carboxylic acids is 1. The summed E-state index contributed by atoms with van der Waals surface area (Å²) in [7, 11) is 1.42. The number of rotatable bonds is 2. The minimum atomic E-state index is -0.190. The summed E-state index contributed by atoms with van der Waals surface area (Å²) in [6.07, 6.45) is 0.377. The third kappa shape index (κ3) is 1.82. The zero-order valence-corrected chi connectivity index (χ0v) is 10.2. The SMILES string of the molecule is COC(=O)C[C@@H]1COc2cc3ccccc3cc21. The van der Waals surface area contributed by atoms with Crippen molar-refractivity contribution in [1.82, 2.24) is 0 Å². The van der Waals surface area contributed by atoms with E-state index in [0.29, 0.717) is 13.0 Å². The number of fused-ring (bicyclic) bond motifs is 2. The van der Waals surface area contributed by atoms with E-state index in [2.05, 4.69) is 18.2 Å². The smallest absolute Gasteiger partial charge is 0.306 e. The van der Waals surface area contributed by atoms with Gasteiger partial charge in [0.25, 0.3) is 0 Å². The number of esters is 1. The highest BCUT2D eigenvalue weighted by molar-refractivity contribution is 5.85. The highest BCUT2D eigenvalue weighted by Gasteiger charge is 2.27. The molecule has 2 aromatic rings. The second kappa shape index (κ2) is 4.33. The van der Waals surface area contributed by atoms with Crippen molar-refractivity contribution in [2.75, 3.05) is 13.7 Å². The fraction of sp³-hybridized carbons (Fsp3) is 0.267. The van der Waals surface area contributed by atoms with Crippen LogP contribution >= 0.6 is 0 Å². The lowest BCUT2D eigenvalue weighted by molar-refractivity contribution is -0.141. The Labute approximate surface area is 105 Å². The van der Waals surface area contributed by atoms with E-state index in [-0.39, 0.29) is 11.9 Å². The molecule has 1 heterocycles. The van der Waals surface area contributed by atoms with Crippen molar-refractivity contribution in [1.29, 1.82) is 0 Å². The van der Waals surface area contributed by atoms with Crippen LogP contribution in [-0.4, -0.2) is 19.7 Å². The first-order valence-corrected chi connectivity index (χ1v) is 6.00. The molecule has 0 unspecified atom stereocenters. The van der Waals surface area contributed by atoms with Crippen LogP contribution < -0.4 is 4.74 Å². The van der Waals surface area contributed by atoms with Crippen LogP contribution in [0, 0.1) is 0 Å². The van der Waals surface area contributed by atoms with Crippen LogP contribution in [0.1, 0.15) is 17.9 Å². The summed E-state index contributed by atoms with van der Waals surface area (Å²) in [6, 6.07) is 12.3. The van der Waals surface area contributed by atoms with Crippen molar-refractivity contribution >= 4 is 16.7 Å². The molecule has 0 saturated carbocycles. The Balaban J connectivity index is 2.00. The standard InChI is InChI=1S/C15H14O3/c1-17-15(16)8-12-9-18-14-7-11-5-3-2-4-10(11)6-13(12)14/h2-7,12H,8-9H2,1H3/t12-/m1/s1. The topological polar surface area (TPSA) is 35.5 Å². The molecule has 0 amide bonds. The number of methoxy groups -OCH3 is 1. The van der Waals surface area contributed by atoms with E-state index in [1.807, 2.05) is 18.2 Å². The number of hydrogen-bond acceptors (Lipinski definition) is 3. The summed E-state index contributed by atoms with van der Waals surface area (Å²) in [5.74, 6) is 0.810. The third-order valence-corrected chi connectivity index (χ3v) is 3.40. The van der Waals surface area contributed by atoms with Crippen LogP contribution in [0.5, 0.6) is 5.75 Å². The predicted molar refractivity (Wildman–Crippen MR) is 68.8 cm³/mol. The molecule has 0 bridgehead atoms. The molecule has 0 saturated heterocycles. The molecule has 18 heavy (non-hydrogen) atoms. The second-order valence-electron chi connectivity index (χ2n) is 4.53. The van der Waals surface area contributed by atoms with Crippen molar-refractivity contribution in [3.05, 3.63) is 42.0 Å². The van der Waals surface area contributed by atoms with Crippen molar-refractivity contribution < 1.29 is 14.3 Å². The van der Waals surface area contributed by atoms with Crippen molar-refractivity contribution in [2.24, 2.45) is 0 Å². The Bertz CT molecular complexity index is 604. The molecule has 1 atom stereocenters. The molecule has 0 radical (unpaired) electrons. The summed E-state index contributed by atoms with van der Waals surface area (Å²) >= 11 is 0. The number of hydrogen-bond donors (Lipinski definition) is 0. The Morgan fingerprint density at radius 2 is 2.06 bits per heavy atom. The summed E-state index contributed by atoms with van der Waals surface area (Å²) in [5, 5.41) is 2.34. The van der Waals surface area contributed by atoms with E-state index >= 15 is 0 Å². The summed E-state index contributed by atoms with van der Waals surface area (Å²) in [4.78, 5) is 11.4. The van der Waals surface area contributed by atoms with Gasteiger partial charge in [-0.1, -0.05) is 24.3 Å². The van der Waals surface area contributed by atoms with Gasteiger partial charge in [-0.25, -0.2) is 0 Å². The average Bonchev–Trinajstić information content (AvgIpc) is 2.78. The summed E-state index contributed by atoms with van der Waals surface area (Å²) in [5.41, 5.74) is 1.11. The average molecular weight is 242 g/mol. The largest absolute Gasteiger partial charge is 0.493 e. The first-order chi connectivity index (χ1) is 8.78. The minimum absolute atomic E-state index is 0.108. The van der Waals surface area contributed by atoms with Gasteiger partial charge in [-0.3, -0.25) is 4.79 Å². The molecule has 3 rings (SSSR count). The lowest BCUT2D eigenvalue weighted by Crippen LogP contribution is -2.09. The van der Waals surface area contributed by atoms with Gasteiger partial charge in [0.05, 0.1) is 20.1 Å². The quantitative estimate of drug-likeness (QED) is 0.760. The third-order valence-electron chi connectivity index (χ3n) is 3.40. The van der Waals surface area contributed by atoms with Crippen LogP contribution in [0.4, 0.5) is 0 Å². The van der Waals surface area contributed by atoms with Crippen LogP contribution in [0.2, 0.25) is 0 Å². The molecule has 2 aromatic carbocycles. The van der Waals surface area contributed by atoms with Gasteiger partial charge >= 0.3 is 5.97 Å². The second-order valence-corrected chi connectivity index (χ2v) is 4.53. The number of carbonyl (C=O) groups is 1. The maximum Gasteiger partial charge on any atom is 0.306 e. The van der Waals surface area contributed by atoms with Gasteiger partial charge in [0.2, 0.25) is 0 Å². The van der Waals surface area contributed by atoms with Crippen LogP contribution in [-0.2, 0) is 9.53 Å². The molecular formula is C15H14O3. The number of benzene rings is 2. The first-order valence-electron chi connectivity index (χ1n) is 6.00. The van der Waals surface area contributed by atoms with E-state index in [9.17, 15) is 4.79 Å². The van der Waals surface area contributed by atoms with Crippen LogP contribution in [0.15, 0.2) is 36.4 Å². The van der Waals surface area contributed by atoms with Crippen LogP contribution in [0.25, 0.3) is 10.8 Å². The molecule has 3 heteroatoms. The van der Waals surface area contributed by atoms with Gasteiger partial charge in [0, 0.05) is 11.5 Å². The Hall–Kier alpha value is -2.03. The molecule has 0 N–H and O–H groups in total. The molecule has 92 valence electrons. The Morgan fingerprint density at radius 3 is 2.78 bits per heavy atom. The highest BCUT2D eigenvalue weighted by Crippen LogP contribution is 2.38. The molecule has 0 aromatic heterocycles. The van der Waals surface area contributed by atoms with Gasteiger partial charge in [-0.2, -0.15) is 0 Å². The molecule has 0 aliphatic carbocycles. The van der Waals surface area contributed by atoms with Crippen molar-refractivity contribution in [3.8, 4) is 5.75 Å².